The van der Waals surface area contributed by atoms with Crippen molar-refractivity contribution in [1.29, 1.82) is 0 Å². The highest BCUT2D eigenvalue weighted by Crippen LogP contribution is 2.37. The Balaban J connectivity index is 3.34. The Hall–Kier alpha value is -0.940. The van der Waals surface area contributed by atoms with Gasteiger partial charge in [0.05, 0.1) is 17.7 Å². The van der Waals surface area contributed by atoms with Crippen molar-refractivity contribution in [2.45, 2.75) is 12.7 Å². The fraction of sp³-hybridized carbons (Fsp3) is 0.333. The van der Waals surface area contributed by atoms with Gasteiger partial charge in [-0.05, 0) is 17.7 Å². The lowest BCUT2D eigenvalue weighted by Gasteiger charge is -2.14. The molecule has 0 aliphatic rings. The van der Waals surface area contributed by atoms with Crippen LogP contribution in [-0.2, 0) is 12.7 Å². The molecule has 1 aromatic carbocycles. The van der Waals surface area contributed by atoms with Gasteiger partial charge in [0.2, 0.25) is 0 Å². The van der Waals surface area contributed by atoms with Gasteiger partial charge in [-0.3, -0.25) is 0 Å². The average molecular weight is 240 g/mol. The van der Waals surface area contributed by atoms with Crippen LogP contribution in [0.2, 0.25) is 5.02 Å². The molecule has 84 valence electrons. The van der Waals surface area contributed by atoms with E-state index in [2.05, 4.69) is 0 Å². The highest BCUT2D eigenvalue weighted by Gasteiger charge is 2.33. The van der Waals surface area contributed by atoms with E-state index in [4.69, 9.17) is 22.1 Å². The third kappa shape index (κ3) is 2.54. The first-order valence-corrected chi connectivity index (χ1v) is 4.41. The van der Waals surface area contributed by atoms with Crippen molar-refractivity contribution in [3.05, 3.63) is 28.3 Å². The van der Waals surface area contributed by atoms with Gasteiger partial charge in [0, 0.05) is 6.54 Å². The molecule has 0 aliphatic heterocycles. The van der Waals surface area contributed by atoms with Gasteiger partial charge in [-0.25, -0.2) is 0 Å². The number of methoxy groups -OCH3 is 1. The van der Waals surface area contributed by atoms with E-state index in [-0.39, 0.29) is 22.9 Å². The Morgan fingerprint density at radius 2 is 2.00 bits per heavy atom. The minimum Gasteiger partial charge on any atom is -0.495 e. The summed E-state index contributed by atoms with van der Waals surface area (Å²) in [5, 5.41) is -0.0815. The molecule has 0 atom stereocenters. The first kappa shape index (κ1) is 12.1. The van der Waals surface area contributed by atoms with Gasteiger partial charge >= 0.3 is 6.18 Å². The Bertz CT molecular complexity index is 365. The molecular formula is C9H9ClF3NO. The Kier molecular flexibility index (Phi) is 3.46. The zero-order valence-electron chi connectivity index (χ0n) is 7.86. The highest BCUT2D eigenvalue weighted by atomic mass is 35.5. The maximum absolute atomic E-state index is 12.5. The Labute approximate surface area is 89.8 Å². The predicted octanol–water partition coefficient (Wildman–Crippen LogP) is 2.83. The molecule has 0 aromatic heterocycles. The Morgan fingerprint density at radius 3 is 2.40 bits per heavy atom. The molecule has 0 fully saturated rings. The zero-order valence-corrected chi connectivity index (χ0v) is 8.62. The molecule has 1 rings (SSSR count). The first-order chi connectivity index (χ1) is 6.90. The molecule has 0 heterocycles. The molecule has 0 unspecified atom stereocenters. The Morgan fingerprint density at radius 1 is 1.40 bits per heavy atom. The third-order valence-corrected chi connectivity index (χ3v) is 2.20. The molecular weight excluding hydrogens is 231 g/mol. The van der Waals surface area contributed by atoms with Crippen molar-refractivity contribution < 1.29 is 17.9 Å². The van der Waals surface area contributed by atoms with Crippen LogP contribution in [0.3, 0.4) is 0 Å². The second-order valence-corrected chi connectivity index (χ2v) is 3.25. The van der Waals surface area contributed by atoms with Gasteiger partial charge in [-0.2, -0.15) is 13.2 Å². The van der Waals surface area contributed by atoms with Gasteiger partial charge in [0.15, 0.2) is 0 Å². The molecule has 1 aromatic rings. The smallest absolute Gasteiger partial charge is 0.416 e. The minimum absolute atomic E-state index is 0.0382. The third-order valence-electron chi connectivity index (χ3n) is 1.90. The summed E-state index contributed by atoms with van der Waals surface area (Å²) in [6, 6.07) is 2.02. The summed E-state index contributed by atoms with van der Waals surface area (Å²) >= 11 is 5.60. The number of nitrogens with two attached hydrogens (primary N) is 1. The van der Waals surface area contributed by atoms with Gasteiger partial charge in [-0.15, -0.1) is 0 Å². The van der Waals surface area contributed by atoms with Crippen molar-refractivity contribution in [3.8, 4) is 5.75 Å². The molecule has 2 N–H and O–H groups in total. The van der Waals surface area contributed by atoms with E-state index in [0.29, 0.717) is 0 Å². The van der Waals surface area contributed by atoms with Crippen molar-refractivity contribution >= 4 is 11.6 Å². The lowest BCUT2D eigenvalue weighted by Crippen LogP contribution is -2.12. The van der Waals surface area contributed by atoms with E-state index in [1.165, 1.54) is 13.2 Å². The second kappa shape index (κ2) is 4.28. The monoisotopic (exact) mass is 239 g/mol. The molecule has 0 amide bonds. The van der Waals surface area contributed by atoms with Gasteiger partial charge in [0.25, 0.3) is 0 Å². The number of hydrogen-bond donors (Lipinski definition) is 1. The van der Waals surface area contributed by atoms with Crippen LogP contribution in [0.5, 0.6) is 5.75 Å². The number of benzene rings is 1. The number of halogens is 4. The summed E-state index contributed by atoms with van der Waals surface area (Å²) in [5.41, 5.74) is 4.36. The minimum atomic E-state index is -4.45. The van der Waals surface area contributed by atoms with E-state index in [0.717, 1.165) is 6.07 Å². The van der Waals surface area contributed by atoms with Gasteiger partial charge in [0.1, 0.15) is 5.75 Å². The lowest BCUT2D eigenvalue weighted by atomic mass is 10.1. The van der Waals surface area contributed by atoms with Crippen LogP contribution in [0.15, 0.2) is 12.1 Å². The van der Waals surface area contributed by atoms with Gasteiger partial charge in [-0.1, -0.05) is 11.6 Å². The SMILES string of the molecule is COc1cc(CN)c(C(F)(F)F)cc1Cl. The molecule has 0 bridgehead atoms. The quantitative estimate of drug-likeness (QED) is 0.861. The molecule has 0 saturated carbocycles. The summed E-state index contributed by atoms with van der Waals surface area (Å²) in [5.74, 6) is 0.185. The summed E-state index contributed by atoms with van der Waals surface area (Å²) in [6.45, 7) is -0.220. The maximum atomic E-state index is 12.5. The van der Waals surface area contributed by atoms with Crippen molar-refractivity contribution in [1.82, 2.24) is 0 Å². The van der Waals surface area contributed by atoms with E-state index in [9.17, 15) is 13.2 Å². The van der Waals surface area contributed by atoms with Crippen LogP contribution in [-0.4, -0.2) is 7.11 Å². The molecule has 0 spiro atoms. The van der Waals surface area contributed by atoms with E-state index in [1.54, 1.807) is 0 Å². The number of hydrogen-bond acceptors (Lipinski definition) is 2. The topological polar surface area (TPSA) is 35.2 Å². The van der Waals surface area contributed by atoms with Crippen LogP contribution >= 0.6 is 11.6 Å². The van der Waals surface area contributed by atoms with E-state index < -0.39 is 11.7 Å². The molecule has 0 aliphatic carbocycles. The zero-order chi connectivity index (χ0) is 11.6. The van der Waals surface area contributed by atoms with Crippen LogP contribution in [0, 0.1) is 0 Å². The number of alkyl halides is 3. The first-order valence-electron chi connectivity index (χ1n) is 4.03. The lowest BCUT2D eigenvalue weighted by molar-refractivity contribution is -0.138. The number of rotatable bonds is 2. The van der Waals surface area contributed by atoms with E-state index >= 15 is 0 Å². The summed E-state index contributed by atoms with van der Waals surface area (Å²) in [4.78, 5) is 0. The van der Waals surface area contributed by atoms with Crippen LogP contribution in [0.1, 0.15) is 11.1 Å². The van der Waals surface area contributed by atoms with Crippen molar-refractivity contribution in [2.24, 2.45) is 5.73 Å². The fourth-order valence-corrected chi connectivity index (χ4v) is 1.43. The largest absolute Gasteiger partial charge is 0.495 e. The fourth-order valence-electron chi connectivity index (χ4n) is 1.18. The molecule has 15 heavy (non-hydrogen) atoms. The van der Waals surface area contributed by atoms with Gasteiger partial charge < -0.3 is 10.5 Å². The molecule has 0 radical (unpaired) electrons. The van der Waals surface area contributed by atoms with Crippen LogP contribution in [0.25, 0.3) is 0 Å². The standard InChI is InChI=1S/C9H9ClF3NO/c1-15-8-2-5(4-14)6(3-7(8)10)9(11,12)13/h2-3H,4,14H2,1H3. The van der Waals surface area contributed by atoms with Crippen LogP contribution in [0.4, 0.5) is 13.2 Å². The second-order valence-electron chi connectivity index (χ2n) is 2.85. The van der Waals surface area contributed by atoms with Crippen molar-refractivity contribution in [3.63, 3.8) is 0 Å². The normalized spacial score (nSPS) is 11.6. The summed E-state index contributed by atoms with van der Waals surface area (Å²) in [6.07, 6.45) is -4.45. The summed E-state index contributed by atoms with van der Waals surface area (Å²) in [7, 11) is 1.33. The highest BCUT2D eigenvalue weighted by molar-refractivity contribution is 6.32. The van der Waals surface area contributed by atoms with Crippen molar-refractivity contribution in [2.75, 3.05) is 7.11 Å². The van der Waals surface area contributed by atoms with Crippen LogP contribution < -0.4 is 10.5 Å². The average Bonchev–Trinajstić information content (AvgIpc) is 2.16. The predicted molar refractivity (Wildman–Crippen MR) is 50.9 cm³/mol. The molecule has 6 heteroatoms. The maximum Gasteiger partial charge on any atom is 0.416 e. The number of ether oxygens (including phenoxy) is 1. The van der Waals surface area contributed by atoms with E-state index in [1.807, 2.05) is 0 Å². The molecule has 0 saturated heterocycles. The molecule has 2 nitrogen and oxygen atoms in total. The summed E-state index contributed by atoms with van der Waals surface area (Å²) < 4.78 is 42.3.